The van der Waals surface area contributed by atoms with Crippen molar-refractivity contribution in [2.24, 2.45) is 0 Å². The molecule has 0 atom stereocenters. The molecular weight excluding hydrogens is 454 g/mol. The highest BCUT2D eigenvalue weighted by Crippen LogP contribution is 2.29. The van der Waals surface area contributed by atoms with Gasteiger partial charge in [0.2, 0.25) is 5.91 Å². The maximum absolute atomic E-state index is 11.7. The zero-order valence-electron chi connectivity index (χ0n) is 20.0. The van der Waals surface area contributed by atoms with Crippen molar-refractivity contribution >= 4 is 34.3 Å². The average molecular weight is 484 g/mol. The minimum atomic E-state index is -0.252. The second-order valence-electron chi connectivity index (χ2n) is 8.66. The summed E-state index contributed by atoms with van der Waals surface area (Å²) in [5.74, 6) is 0.461. The topological polar surface area (TPSA) is 98.0 Å². The Morgan fingerprint density at radius 3 is 2.61 bits per heavy atom. The van der Waals surface area contributed by atoms with Crippen molar-refractivity contribution in [3.05, 3.63) is 79.8 Å². The third kappa shape index (κ3) is 5.22. The molecule has 1 aliphatic rings. The summed E-state index contributed by atoms with van der Waals surface area (Å²) in [4.78, 5) is 20.8. The summed E-state index contributed by atoms with van der Waals surface area (Å²) >= 11 is 0. The Morgan fingerprint density at radius 1 is 1.06 bits per heavy atom. The van der Waals surface area contributed by atoms with E-state index in [0.717, 1.165) is 55.1 Å². The number of anilines is 4. The predicted octanol–water partition coefficient (Wildman–Crippen LogP) is 3.38. The molecule has 3 heterocycles. The van der Waals surface area contributed by atoms with Gasteiger partial charge < -0.3 is 20.6 Å². The molecule has 2 aromatic carbocycles. The first kappa shape index (κ1) is 23.5. The van der Waals surface area contributed by atoms with E-state index in [1.807, 2.05) is 30.3 Å². The van der Waals surface area contributed by atoms with Crippen LogP contribution in [0.4, 0.5) is 22.9 Å². The van der Waals surface area contributed by atoms with E-state index < -0.39 is 0 Å². The number of nitrogens with zero attached hydrogens (tertiary/aromatic N) is 5. The Bertz CT molecular complexity index is 1360. The van der Waals surface area contributed by atoms with Gasteiger partial charge in [-0.25, -0.2) is 9.50 Å². The van der Waals surface area contributed by atoms with Crippen molar-refractivity contribution in [2.45, 2.75) is 0 Å². The number of amides is 1. The van der Waals surface area contributed by atoms with Crippen LogP contribution in [0, 0.1) is 0 Å². The number of piperazine rings is 1. The molecule has 36 heavy (non-hydrogen) atoms. The van der Waals surface area contributed by atoms with Crippen LogP contribution < -0.4 is 15.5 Å². The summed E-state index contributed by atoms with van der Waals surface area (Å²) < 4.78 is 1.73. The van der Waals surface area contributed by atoms with Crippen LogP contribution in [0.3, 0.4) is 0 Å². The molecule has 184 valence electrons. The van der Waals surface area contributed by atoms with Gasteiger partial charge in [-0.1, -0.05) is 18.7 Å². The summed E-state index contributed by atoms with van der Waals surface area (Å²) in [5.41, 5.74) is 5.60. The number of carbonyl (C=O) groups is 1. The number of aliphatic hydroxyl groups excluding tert-OH is 1. The van der Waals surface area contributed by atoms with E-state index in [2.05, 4.69) is 61.4 Å². The lowest BCUT2D eigenvalue weighted by molar-refractivity contribution is -0.111. The molecule has 1 fully saturated rings. The monoisotopic (exact) mass is 483 g/mol. The molecule has 1 amide bonds. The van der Waals surface area contributed by atoms with Crippen LogP contribution in [0.15, 0.2) is 79.8 Å². The van der Waals surface area contributed by atoms with Crippen LogP contribution in [0.25, 0.3) is 16.6 Å². The molecule has 4 aromatic rings. The van der Waals surface area contributed by atoms with Gasteiger partial charge in [-0.15, -0.1) is 0 Å². The minimum Gasteiger partial charge on any atom is -0.395 e. The summed E-state index contributed by atoms with van der Waals surface area (Å²) in [7, 11) is 0. The Morgan fingerprint density at radius 2 is 1.86 bits per heavy atom. The number of benzene rings is 2. The molecule has 3 N–H and O–H groups in total. The quantitative estimate of drug-likeness (QED) is 0.331. The molecule has 0 aliphatic carbocycles. The number of hydrogen-bond acceptors (Lipinski definition) is 7. The molecular formula is C27H29N7O2. The van der Waals surface area contributed by atoms with Crippen LogP contribution in [0.5, 0.6) is 0 Å². The van der Waals surface area contributed by atoms with Crippen molar-refractivity contribution in [1.82, 2.24) is 19.5 Å². The zero-order valence-corrected chi connectivity index (χ0v) is 20.0. The standard InChI is InChI=1S/C27H29N7O2/c1-2-27(36)31-22-5-3-4-20(16-22)24-18-29-34-19-28-26(17-25(24)34)30-21-6-8-23(9-7-21)33-12-10-32(11-13-33)14-15-35/h2-9,16-19,30,35H,1,10-15H2,(H,31,36). The number of aliphatic hydroxyl groups is 1. The van der Waals surface area contributed by atoms with Crippen LogP contribution in [0.2, 0.25) is 0 Å². The van der Waals surface area contributed by atoms with E-state index in [0.29, 0.717) is 11.5 Å². The molecule has 9 heteroatoms. The fraction of sp³-hybridized carbons (Fsp3) is 0.222. The second-order valence-corrected chi connectivity index (χ2v) is 8.66. The average Bonchev–Trinajstić information content (AvgIpc) is 3.33. The molecule has 0 radical (unpaired) electrons. The number of β-amino-alcohol motifs (C(OH)–C–C–N with tert-alkyl or cyclic N) is 1. The number of rotatable bonds is 8. The van der Waals surface area contributed by atoms with E-state index in [9.17, 15) is 4.79 Å². The van der Waals surface area contributed by atoms with Crippen molar-refractivity contribution in [3.63, 3.8) is 0 Å². The number of carbonyl (C=O) groups excluding carboxylic acids is 1. The van der Waals surface area contributed by atoms with Gasteiger partial charge >= 0.3 is 0 Å². The van der Waals surface area contributed by atoms with Crippen molar-refractivity contribution in [2.75, 3.05) is 54.9 Å². The highest BCUT2D eigenvalue weighted by Gasteiger charge is 2.16. The lowest BCUT2D eigenvalue weighted by Crippen LogP contribution is -2.47. The normalized spacial score (nSPS) is 14.1. The third-order valence-corrected chi connectivity index (χ3v) is 6.33. The van der Waals surface area contributed by atoms with Crippen LogP contribution in [-0.4, -0.2) is 69.8 Å². The maximum Gasteiger partial charge on any atom is 0.247 e. The molecule has 0 saturated carbocycles. The van der Waals surface area contributed by atoms with Gasteiger partial charge in [0, 0.05) is 61.4 Å². The van der Waals surface area contributed by atoms with E-state index in [1.54, 1.807) is 17.0 Å². The number of hydrogen-bond donors (Lipinski definition) is 3. The Labute approximate surface area is 209 Å². The molecule has 5 rings (SSSR count). The fourth-order valence-electron chi connectivity index (χ4n) is 4.41. The van der Waals surface area contributed by atoms with Gasteiger partial charge in [-0.2, -0.15) is 5.10 Å². The lowest BCUT2D eigenvalue weighted by atomic mass is 10.1. The summed E-state index contributed by atoms with van der Waals surface area (Å²) in [6.45, 7) is 8.27. The second kappa shape index (κ2) is 10.6. The van der Waals surface area contributed by atoms with Crippen molar-refractivity contribution in [3.8, 4) is 11.1 Å². The van der Waals surface area contributed by atoms with Crippen molar-refractivity contribution in [1.29, 1.82) is 0 Å². The molecule has 2 aromatic heterocycles. The summed E-state index contributed by atoms with van der Waals surface area (Å²) in [6.07, 6.45) is 4.73. The first-order valence-electron chi connectivity index (χ1n) is 12.0. The highest BCUT2D eigenvalue weighted by molar-refractivity contribution is 5.99. The van der Waals surface area contributed by atoms with Crippen LogP contribution >= 0.6 is 0 Å². The van der Waals surface area contributed by atoms with Gasteiger partial charge in [0.15, 0.2) is 0 Å². The van der Waals surface area contributed by atoms with Gasteiger partial charge in [0.05, 0.1) is 18.3 Å². The maximum atomic E-state index is 11.7. The first-order valence-corrected chi connectivity index (χ1v) is 12.0. The number of nitrogens with one attached hydrogen (secondary N) is 2. The molecule has 1 saturated heterocycles. The number of fused-ring (bicyclic) bond motifs is 1. The third-order valence-electron chi connectivity index (χ3n) is 6.33. The van der Waals surface area contributed by atoms with Gasteiger partial charge in [0.1, 0.15) is 12.1 Å². The number of aromatic nitrogens is 3. The minimum absolute atomic E-state index is 0.210. The fourth-order valence-corrected chi connectivity index (χ4v) is 4.41. The van der Waals surface area contributed by atoms with Crippen LogP contribution in [0.1, 0.15) is 0 Å². The van der Waals surface area contributed by atoms with Gasteiger partial charge in [0.25, 0.3) is 0 Å². The Balaban J connectivity index is 1.31. The summed E-state index contributed by atoms with van der Waals surface area (Å²) in [6, 6.07) is 18.0. The summed E-state index contributed by atoms with van der Waals surface area (Å²) in [5, 5.41) is 19.7. The molecule has 0 spiro atoms. The first-order chi connectivity index (χ1) is 17.6. The SMILES string of the molecule is C=CC(=O)Nc1cccc(-c2cnn3cnc(Nc4ccc(N5CCN(CCO)CC5)cc4)cc23)c1. The van der Waals surface area contributed by atoms with Gasteiger partial charge in [-0.3, -0.25) is 9.69 Å². The van der Waals surface area contributed by atoms with E-state index >= 15 is 0 Å². The van der Waals surface area contributed by atoms with E-state index in [4.69, 9.17) is 5.11 Å². The Hall–Kier alpha value is -4.21. The largest absolute Gasteiger partial charge is 0.395 e. The van der Waals surface area contributed by atoms with Crippen LogP contribution in [-0.2, 0) is 4.79 Å². The van der Waals surface area contributed by atoms with E-state index in [-0.39, 0.29) is 12.5 Å². The zero-order chi connectivity index (χ0) is 24.9. The van der Waals surface area contributed by atoms with E-state index in [1.165, 1.54) is 11.8 Å². The van der Waals surface area contributed by atoms with Gasteiger partial charge in [-0.05, 0) is 48.0 Å². The molecule has 1 aliphatic heterocycles. The lowest BCUT2D eigenvalue weighted by Gasteiger charge is -2.35. The Kier molecular flexibility index (Phi) is 6.92. The molecule has 9 nitrogen and oxygen atoms in total. The highest BCUT2D eigenvalue weighted by atomic mass is 16.3. The van der Waals surface area contributed by atoms with Crippen molar-refractivity contribution < 1.29 is 9.90 Å². The smallest absolute Gasteiger partial charge is 0.247 e. The molecule has 0 unspecified atom stereocenters. The molecule has 0 bridgehead atoms. The predicted molar refractivity (Wildman–Crippen MR) is 143 cm³/mol.